The van der Waals surface area contributed by atoms with Gasteiger partial charge < -0.3 is 4.90 Å². The molecule has 1 aliphatic heterocycles. The molecule has 2 aromatic carbocycles. The fourth-order valence-electron chi connectivity index (χ4n) is 3.23. The Morgan fingerprint density at radius 2 is 1.45 bits per heavy atom. The summed E-state index contributed by atoms with van der Waals surface area (Å²) in [6, 6.07) is 20.4. The molecule has 20 heavy (non-hydrogen) atoms. The van der Waals surface area contributed by atoms with Crippen molar-refractivity contribution < 1.29 is 4.79 Å². The number of hydrogen-bond acceptors (Lipinski definition) is 1. The van der Waals surface area contributed by atoms with Crippen LogP contribution in [0.5, 0.6) is 0 Å². The Morgan fingerprint density at radius 3 is 1.85 bits per heavy atom. The van der Waals surface area contributed by atoms with Gasteiger partial charge in [-0.05, 0) is 24.5 Å². The number of amides is 1. The first-order valence-corrected chi connectivity index (χ1v) is 7.19. The third-order valence-corrected chi connectivity index (χ3v) is 4.32. The molecule has 2 heteroatoms. The molecule has 2 nitrogen and oxygen atoms in total. The van der Waals surface area contributed by atoms with E-state index >= 15 is 0 Å². The number of carbonyl (C=O) groups is 1. The van der Waals surface area contributed by atoms with E-state index in [4.69, 9.17) is 0 Å². The summed E-state index contributed by atoms with van der Waals surface area (Å²) >= 11 is 0. The van der Waals surface area contributed by atoms with Crippen LogP contribution in [0.25, 0.3) is 0 Å². The Kier molecular flexibility index (Phi) is 3.31. The topological polar surface area (TPSA) is 20.3 Å². The molecular weight excluding hydrogens is 246 g/mol. The summed E-state index contributed by atoms with van der Waals surface area (Å²) in [5.74, 6) is 0.234. The predicted molar refractivity (Wildman–Crippen MR) is 80.5 cm³/mol. The van der Waals surface area contributed by atoms with Gasteiger partial charge in [-0.1, -0.05) is 60.7 Å². The number of benzene rings is 2. The zero-order chi connectivity index (χ0) is 14.0. The maximum absolute atomic E-state index is 13.0. The summed E-state index contributed by atoms with van der Waals surface area (Å²) in [7, 11) is 0. The molecule has 0 aliphatic carbocycles. The quantitative estimate of drug-likeness (QED) is 0.834. The van der Waals surface area contributed by atoms with Crippen LogP contribution in [0.1, 0.15) is 24.5 Å². The first-order chi connectivity index (χ1) is 9.79. The van der Waals surface area contributed by atoms with Crippen LogP contribution in [0.4, 0.5) is 0 Å². The molecule has 0 atom stereocenters. The van der Waals surface area contributed by atoms with Gasteiger partial charge >= 0.3 is 0 Å². The summed E-state index contributed by atoms with van der Waals surface area (Å²) in [6.07, 6.45) is 0.855. The lowest BCUT2D eigenvalue weighted by Crippen LogP contribution is -2.38. The number of rotatable bonds is 3. The van der Waals surface area contributed by atoms with E-state index in [1.807, 2.05) is 48.2 Å². The number of hydrogen-bond donors (Lipinski definition) is 0. The van der Waals surface area contributed by atoms with Crippen LogP contribution in [0.15, 0.2) is 60.7 Å². The van der Waals surface area contributed by atoms with Crippen LogP contribution in [-0.2, 0) is 10.2 Å². The molecule has 0 aromatic heterocycles. The van der Waals surface area contributed by atoms with E-state index in [0.29, 0.717) is 0 Å². The molecular formula is C18H19NO. The van der Waals surface area contributed by atoms with E-state index in [1.54, 1.807) is 0 Å². The van der Waals surface area contributed by atoms with Crippen LogP contribution >= 0.6 is 0 Å². The molecule has 1 fully saturated rings. The average Bonchev–Trinajstić information content (AvgIpc) is 2.87. The second-order valence-corrected chi connectivity index (χ2v) is 5.27. The summed E-state index contributed by atoms with van der Waals surface area (Å²) in [4.78, 5) is 14.9. The summed E-state index contributed by atoms with van der Waals surface area (Å²) in [6.45, 7) is 3.66. The Labute approximate surface area is 120 Å². The maximum Gasteiger partial charge on any atom is 0.237 e. The standard InChI is InChI=1S/C18H19NO/c1-2-19-14-13-18(17(19)20,15-9-5-3-6-10-15)16-11-7-4-8-12-16/h3-12H,2,13-14H2,1H3. The van der Waals surface area contributed by atoms with E-state index < -0.39 is 5.41 Å². The Morgan fingerprint density at radius 1 is 0.950 bits per heavy atom. The first kappa shape index (κ1) is 12.9. The molecule has 2 aromatic rings. The van der Waals surface area contributed by atoms with Crippen molar-refractivity contribution in [2.24, 2.45) is 0 Å². The van der Waals surface area contributed by atoms with Gasteiger partial charge in [-0.2, -0.15) is 0 Å². The molecule has 0 saturated carbocycles. The van der Waals surface area contributed by atoms with Gasteiger partial charge in [-0.15, -0.1) is 0 Å². The summed E-state index contributed by atoms with van der Waals surface area (Å²) < 4.78 is 0. The van der Waals surface area contributed by atoms with Gasteiger partial charge in [0, 0.05) is 13.1 Å². The minimum Gasteiger partial charge on any atom is -0.342 e. The highest BCUT2D eigenvalue weighted by Gasteiger charge is 2.48. The van der Waals surface area contributed by atoms with Crippen LogP contribution in [0, 0.1) is 0 Å². The first-order valence-electron chi connectivity index (χ1n) is 7.19. The highest BCUT2D eigenvalue weighted by atomic mass is 16.2. The van der Waals surface area contributed by atoms with Gasteiger partial charge in [0.15, 0.2) is 0 Å². The Hall–Kier alpha value is -2.09. The smallest absolute Gasteiger partial charge is 0.237 e. The zero-order valence-electron chi connectivity index (χ0n) is 11.8. The number of likely N-dealkylation sites (tertiary alicyclic amines) is 1. The van der Waals surface area contributed by atoms with Gasteiger partial charge in [-0.25, -0.2) is 0 Å². The zero-order valence-corrected chi connectivity index (χ0v) is 11.8. The predicted octanol–water partition coefficient (Wildman–Crippen LogP) is 3.22. The largest absolute Gasteiger partial charge is 0.342 e. The van der Waals surface area contributed by atoms with Gasteiger partial charge in [0.2, 0.25) is 5.91 Å². The number of likely N-dealkylation sites (N-methyl/N-ethyl adjacent to an activating group) is 1. The third kappa shape index (κ3) is 1.83. The fraction of sp³-hybridized carbons (Fsp3) is 0.278. The Bertz CT molecular complexity index is 552. The molecule has 1 heterocycles. The maximum atomic E-state index is 13.0. The van der Waals surface area contributed by atoms with Crippen molar-refractivity contribution >= 4 is 5.91 Å². The highest BCUT2D eigenvalue weighted by Crippen LogP contribution is 2.41. The minimum absolute atomic E-state index is 0.234. The Balaban J connectivity index is 2.17. The van der Waals surface area contributed by atoms with Crippen molar-refractivity contribution in [3.8, 4) is 0 Å². The fourth-order valence-corrected chi connectivity index (χ4v) is 3.23. The molecule has 102 valence electrons. The molecule has 0 unspecified atom stereocenters. The van der Waals surface area contributed by atoms with Crippen LogP contribution in [0.2, 0.25) is 0 Å². The lowest BCUT2D eigenvalue weighted by molar-refractivity contribution is -0.131. The van der Waals surface area contributed by atoms with Crippen LogP contribution in [-0.4, -0.2) is 23.9 Å². The molecule has 3 rings (SSSR count). The van der Waals surface area contributed by atoms with Crippen molar-refractivity contribution in [2.75, 3.05) is 13.1 Å². The van der Waals surface area contributed by atoms with Crippen LogP contribution < -0.4 is 0 Å². The van der Waals surface area contributed by atoms with E-state index in [2.05, 4.69) is 24.3 Å². The van der Waals surface area contributed by atoms with Gasteiger partial charge in [-0.3, -0.25) is 4.79 Å². The van der Waals surface area contributed by atoms with E-state index in [0.717, 1.165) is 30.6 Å². The lowest BCUT2D eigenvalue weighted by Gasteiger charge is -2.29. The van der Waals surface area contributed by atoms with Crippen molar-refractivity contribution in [3.63, 3.8) is 0 Å². The monoisotopic (exact) mass is 265 g/mol. The molecule has 1 aliphatic rings. The SMILES string of the molecule is CCN1CCC(c2ccccc2)(c2ccccc2)C1=O. The van der Waals surface area contributed by atoms with E-state index in [-0.39, 0.29) is 5.91 Å². The summed E-state index contributed by atoms with van der Waals surface area (Å²) in [5, 5.41) is 0. The molecule has 0 bridgehead atoms. The average molecular weight is 265 g/mol. The number of nitrogens with zero attached hydrogens (tertiary/aromatic N) is 1. The molecule has 0 spiro atoms. The minimum atomic E-state index is -0.501. The normalized spacial score (nSPS) is 17.4. The highest BCUT2D eigenvalue weighted by molar-refractivity contribution is 5.94. The second-order valence-electron chi connectivity index (χ2n) is 5.27. The van der Waals surface area contributed by atoms with Crippen molar-refractivity contribution in [1.29, 1.82) is 0 Å². The van der Waals surface area contributed by atoms with Crippen LogP contribution in [0.3, 0.4) is 0 Å². The van der Waals surface area contributed by atoms with E-state index in [1.165, 1.54) is 0 Å². The summed E-state index contributed by atoms with van der Waals surface area (Å²) in [5.41, 5.74) is 1.71. The van der Waals surface area contributed by atoms with E-state index in [9.17, 15) is 4.79 Å². The molecule has 1 saturated heterocycles. The lowest BCUT2D eigenvalue weighted by atomic mass is 9.73. The second kappa shape index (κ2) is 5.12. The molecule has 1 amide bonds. The molecule has 0 radical (unpaired) electrons. The van der Waals surface area contributed by atoms with Crippen molar-refractivity contribution in [1.82, 2.24) is 4.90 Å². The van der Waals surface area contributed by atoms with Gasteiger partial charge in [0.25, 0.3) is 0 Å². The van der Waals surface area contributed by atoms with Crippen molar-refractivity contribution in [2.45, 2.75) is 18.8 Å². The van der Waals surface area contributed by atoms with Crippen molar-refractivity contribution in [3.05, 3.63) is 71.8 Å². The van der Waals surface area contributed by atoms with Gasteiger partial charge in [0.1, 0.15) is 5.41 Å². The molecule has 0 N–H and O–H groups in total. The van der Waals surface area contributed by atoms with Gasteiger partial charge in [0.05, 0.1) is 0 Å². The third-order valence-electron chi connectivity index (χ3n) is 4.32. The number of carbonyl (C=O) groups excluding carboxylic acids is 1.